The first-order valence-corrected chi connectivity index (χ1v) is 4.27. The lowest BCUT2D eigenvalue weighted by Crippen LogP contribution is -2.60. The quantitative estimate of drug-likeness (QED) is 0.567. The number of piperazine rings is 1. The average Bonchev–Trinajstić information content (AvgIpc) is 2.03. The van der Waals surface area contributed by atoms with E-state index in [2.05, 4.69) is 5.32 Å². The van der Waals surface area contributed by atoms with Gasteiger partial charge in [-0.05, 0) is 6.92 Å². The van der Waals surface area contributed by atoms with Gasteiger partial charge in [0, 0.05) is 20.0 Å². The molecule has 2 N–H and O–H groups in total. The molecule has 0 aromatic heterocycles. The molecule has 1 heterocycles. The number of carbonyl (C=O) groups excluding carboxylic acids is 1. The summed E-state index contributed by atoms with van der Waals surface area (Å²) in [6.45, 7) is 4.33. The Hall–Kier alpha value is -1.10. The molecule has 1 saturated heterocycles. The summed E-state index contributed by atoms with van der Waals surface area (Å²) in [5.41, 5.74) is 0. The maximum atomic E-state index is 11.1. The summed E-state index contributed by atoms with van der Waals surface area (Å²) >= 11 is 0. The number of aliphatic carboxylic acids is 1. The molecule has 0 radical (unpaired) electrons. The number of rotatable bonds is 1. The summed E-state index contributed by atoms with van der Waals surface area (Å²) in [6.07, 6.45) is 0. The van der Waals surface area contributed by atoms with Gasteiger partial charge in [0.1, 0.15) is 6.04 Å². The molecule has 0 aromatic carbocycles. The largest absolute Gasteiger partial charge is 0.480 e. The Kier molecular flexibility index (Phi) is 2.87. The van der Waals surface area contributed by atoms with Crippen molar-refractivity contribution in [1.29, 1.82) is 0 Å². The molecule has 2 unspecified atom stereocenters. The minimum absolute atomic E-state index is 0.0692. The molecule has 0 aromatic rings. The molecule has 0 spiro atoms. The molecule has 2 atom stereocenters. The van der Waals surface area contributed by atoms with Gasteiger partial charge in [-0.2, -0.15) is 0 Å². The number of hydrogen-bond donors (Lipinski definition) is 2. The van der Waals surface area contributed by atoms with Gasteiger partial charge in [-0.3, -0.25) is 9.59 Å². The van der Waals surface area contributed by atoms with E-state index in [4.69, 9.17) is 5.11 Å². The summed E-state index contributed by atoms with van der Waals surface area (Å²) in [5.74, 6) is -0.973. The third kappa shape index (κ3) is 1.98. The molecule has 1 fully saturated rings. The fourth-order valence-corrected chi connectivity index (χ4v) is 1.63. The number of nitrogens with zero attached hydrogens (tertiary/aromatic N) is 1. The molecular weight excluding hydrogens is 172 g/mol. The normalized spacial score (nSPS) is 28.6. The van der Waals surface area contributed by atoms with Crippen LogP contribution in [0.2, 0.25) is 0 Å². The van der Waals surface area contributed by atoms with E-state index in [9.17, 15) is 9.59 Å². The van der Waals surface area contributed by atoms with Crippen molar-refractivity contribution in [2.45, 2.75) is 25.9 Å². The molecule has 74 valence electrons. The Morgan fingerprint density at radius 2 is 2.15 bits per heavy atom. The predicted molar refractivity (Wildman–Crippen MR) is 46.3 cm³/mol. The van der Waals surface area contributed by atoms with E-state index in [1.165, 1.54) is 6.92 Å². The van der Waals surface area contributed by atoms with E-state index in [0.29, 0.717) is 13.1 Å². The van der Waals surface area contributed by atoms with E-state index in [-0.39, 0.29) is 11.9 Å². The zero-order chi connectivity index (χ0) is 10.0. The number of amides is 1. The minimum Gasteiger partial charge on any atom is -0.480 e. The van der Waals surface area contributed by atoms with Gasteiger partial charge in [0.25, 0.3) is 0 Å². The third-order valence-corrected chi connectivity index (χ3v) is 2.36. The molecule has 1 aliphatic heterocycles. The first kappa shape index (κ1) is 9.98. The van der Waals surface area contributed by atoms with Gasteiger partial charge in [0.15, 0.2) is 0 Å². The van der Waals surface area contributed by atoms with Crippen molar-refractivity contribution < 1.29 is 14.7 Å². The zero-order valence-electron chi connectivity index (χ0n) is 7.78. The van der Waals surface area contributed by atoms with E-state index < -0.39 is 12.0 Å². The predicted octanol–water partition coefficient (Wildman–Crippen LogP) is -0.720. The van der Waals surface area contributed by atoms with Crippen LogP contribution in [-0.2, 0) is 9.59 Å². The van der Waals surface area contributed by atoms with E-state index >= 15 is 0 Å². The highest BCUT2D eigenvalue weighted by Crippen LogP contribution is 2.09. The Morgan fingerprint density at radius 1 is 1.54 bits per heavy atom. The van der Waals surface area contributed by atoms with Gasteiger partial charge < -0.3 is 15.3 Å². The van der Waals surface area contributed by atoms with E-state index in [1.54, 1.807) is 11.8 Å². The first-order chi connectivity index (χ1) is 6.04. The number of carboxylic acids is 1. The Balaban J connectivity index is 2.71. The lowest BCUT2D eigenvalue weighted by atomic mass is 10.1. The van der Waals surface area contributed by atoms with Crippen LogP contribution in [0.5, 0.6) is 0 Å². The highest BCUT2D eigenvalue weighted by atomic mass is 16.4. The van der Waals surface area contributed by atoms with Crippen molar-refractivity contribution in [3.63, 3.8) is 0 Å². The smallest absolute Gasteiger partial charge is 0.322 e. The van der Waals surface area contributed by atoms with Gasteiger partial charge in [0.2, 0.25) is 5.91 Å². The summed E-state index contributed by atoms with van der Waals surface area (Å²) in [7, 11) is 0. The van der Waals surface area contributed by atoms with Crippen LogP contribution in [0.25, 0.3) is 0 Å². The fourth-order valence-electron chi connectivity index (χ4n) is 1.63. The molecule has 0 bridgehead atoms. The number of hydrogen-bond acceptors (Lipinski definition) is 3. The second kappa shape index (κ2) is 3.74. The number of carboxylic acid groups (broad SMARTS) is 1. The molecular formula is C8H14N2O3. The van der Waals surface area contributed by atoms with Crippen LogP contribution in [0.15, 0.2) is 0 Å². The van der Waals surface area contributed by atoms with E-state index in [1.807, 2.05) is 0 Å². The van der Waals surface area contributed by atoms with Gasteiger partial charge in [-0.15, -0.1) is 0 Å². The van der Waals surface area contributed by atoms with Crippen LogP contribution in [-0.4, -0.2) is 47.1 Å². The lowest BCUT2D eigenvalue weighted by molar-refractivity contribution is -0.144. The topological polar surface area (TPSA) is 69.6 Å². The molecule has 5 heteroatoms. The Labute approximate surface area is 76.7 Å². The summed E-state index contributed by atoms with van der Waals surface area (Å²) in [5, 5.41) is 11.7. The summed E-state index contributed by atoms with van der Waals surface area (Å²) in [6, 6.07) is -0.915. The molecule has 1 amide bonds. The number of nitrogens with one attached hydrogen (secondary N) is 1. The minimum atomic E-state index is -0.904. The van der Waals surface area contributed by atoms with Gasteiger partial charge in [-0.25, -0.2) is 0 Å². The van der Waals surface area contributed by atoms with Gasteiger partial charge >= 0.3 is 5.97 Å². The second-order valence-corrected chi connectivity index (χ2v) is 3.22. The Morgan fingerprint density at radius 3 is 2.62 bits per heavy atom. The highest BCUT2D eigenvalue weighted by Gasteiger charge is 2.33. The molecule has 0 aliphatic carbocycles. The molecule has 1 aliphatic rings. The number of carbonyl (C=O) groups is 2. The molecule has 5 nitrogen and oxygen atoms in total. The van der Waals surface area contributed by atoms with Crippen LogP contribution >= 0.6 is 0 Å². The molecule has 0 saturated carbocycles. The van der Waals surface area contributed by atoms with Crippen molar-refractivity contribution in [2.24, 2.45) is 0 Å². The SMILES string of the molecule is CC(=O)N1CCNC(C(=O)O)C1C. The van der Waals surface area contributed by atoms with Crippen molar-refractivity contribution in [2.75, 3.05) is 13.1 Å². The van der Waals surface area contributed by atoms with Crippen LogP contribution < -0.4 is 5.32 Å². The lowest BCUT2D eigenvalue weighted by Gasteiger charge is -2.37. The van der Waals surface area contributed by atoms with Crippen LogP contribution in [0, 0.1) is 0 Å². The van der Waals surface area contributed by atoms with Crippen LogP contribution in [0.3, 0.4) is 0 Å². The maximum Gasteiger partial charge on any atom is 0.322 e. The monoisotopic (exact) mass is 186 g/mol. The highest BCUT2D eigenvalue weighted by molar-refractivity contribution is 5.78. The van der Waals surface area contributed by atoms with E-state index in [0.717, 1.165) is 0 Å². The maximum absolute atomic E-state index is 11.1. The molecule has 1 rings (SSSR count). The van der Waals surface area contributed by atoms with Crippen LogP contribution in [0.4, 0.5) is 0 Å². The summed E-state index contributed by atoms with van der Waals surface area (Å²) < 4.78 is 0. The second-order valence-electron chi connectivity index (χ2n) is 3.22. The molecule has 13 heavy (non-hydrogen) atoms. The third-order valence-electron chi connectivity index (χ3n) is 2.36. The van der Waals surface area contributed by atoms with Crippen molar-refractivity contribution in [3.8, 4) is 0 Å². The summed E-state index contributed by atoms with van der Waals surface area (Å²) in [4.78, 5) is 23.4. The van der Waals surface area contributed by atoms with Crippen LogP contribution in [0.1, 0.15) is 13.8 Å². The zero-order valence-corrected chi connectivity index (χ0v) is 7.78. The first-order valence-electron chi connectivity index (χ1n) is 4.27. The van der Waals surface area contributed by atoms with Crippen molar-refractivity contribution >= 4 is 11.9 Å². The average molecular weight is 186 g/mol. The van der Waals surface area contributed by atoms with Gasteiger partial charge in [-0.1, -0.05) is 0 Å². The van der Waals surface area contributed by atoms with Crippen molar-refractivity contribution in [1.82, 2.24) is 10.2 Å². The van der Waals surface area contributed by atoms with Crippen molar-refractivity contribution in [3.05, 3.63) is 0 Å². The Bertz CT molecular complexity index is 207. The standard InChI is InChI=1S/C8H14N2O3/c1-5-7(8(12)13)9-3-4-10(5)6(2)11/h5,7,9H,3-4H2,1-2H3,(H,12,13). The fraction of sp³-hybridized carbons (Fsp3) is 0.750. The van der Waals surface area contributed by atoms with Gasteiger partial charge in [0.05, 0.1) is 6.04 Å².